The van der Waals surface area contributed by atoms with Crippen molar-refractivity contribution in [3.63, 3.8) is 0 Å². The summed E-state index contributed by atoms with van der Waals surface area (Å²) in [5, 5.41) is 2.49. The highest BCUT2D eigenvalue weighted by Crippen LogP contribution is 2.38. The molecule has 2 aromatic carbocycles. The molecule has 1 heteroatoms. The third kappa shape index (κ3) is 1.09. The molecule has 1 heterocycles. The Morgan fingerprint density at radius 1 is 0.933 bits per heavy atom. The van der Waals surface area contributed by atoms with Crippen molar-refractivity contribution in [2.45, 2.75) is 13.8 Å². The Morgan fingerprint density at radius 2 is 1.67 bits per heavy atom. The second-order valence-corrected chi connectivity index (χ2v) is 3.94. The van der Waals surface area contributed by atoms with E-state index < -0.39 is 0 Å². The maximum atomic E-state index is 5.80. The van der Waals surface area contributed by atoms with Crippen LogP contribution in [0.5, 0.6) is 5.75 Å². The minimum absolute atomic E-state index is 0.978. The topological polar surface area (TPSA) is 9.23 Å². The Balaban J connectivity index is 2.50. The first kappa shape index (κ1) is 8.54. The molecule has 0 radical (unpaired) electrons. The van der Waals surface area contributed by atoms with E-state index in [1.807, 2.05) is 19.1 Å². The van der Waals surface area contributed by atoms with E-state index in [0.717, 1.165) is 11.5 Å². The van der Waals surface area contributed by atoms with Gasteiger partial charge in [-0.2, -0.15) is 0 Å². The second-order valence-electron chi connectivity index (χ2n) is 3.94. The van der Waals surface area contributed by atoms with Gasteiger partial charge in [0.25, 0.3) is 0 Å². The summed E-state index contributed by atoms with van der Waals surface area (Å²) in [6.45, 7) is 4.13. The van der Waals surface area contributed by atoms with E-state index in [-0.39, 0.29) is 0 Å². The zero-order valence-corrected chi connectivity index (χ0v) is 8.87. The van der Waals surface area contributed by atoms with E-state index in [1.54, 1.807) is 0 Å². The van der Waals surface area contributed by atoms with Crippen LogP contribution in [-0.2, 0) is 0 Å². The van der Waals surface area contributed by atoms with Gasteiger partial charge in [0.05, 0.1) is 0 Å². The normalized spacial score (nSPS) is 14.3. The van der Waals surface area contributed by atoms with Crippen LogP contribution in [0.15, 0.2) is 42.2 Å². The molecule has 0 fully saturated rings. The third-order valence-corrected chi connectivity index (χ3v) is 3.06. The van der Waals surface area contributed by atoms with E-state index in [4.69, 9.17) is 4.74 Å². The Morgan fingerprint density at radius 3 is 2.47 bits per heavy atom. The highest BCUT2D eigenvalue weighted by molar-refractivity contribution is 5.99. The first-order valence-corrected chi connectivity index (χ1v) is 5.15. The molecule has 3 rings (SSSR count). The maximum Gasteiger partial charge on any atom is 0.135 e. The number of rotatable bonds is 0. The van der Waals surface area contributed by atoms with Gasteiger partial charge in [-0.3, -0.25) is 0 Å². The van der Waals surface area contributed by atoms with Crippen molar-refractivity contribution in [1.82, 2.24) is 0 Å². The van der Waals surface area contributed by atoms with Gasteiger partial charge in [-0.15, -0.1) is 0 Å². The average Bonchev–Trinajstić information content (AvgIpc) is 2.26. The highest BCUT2D eigenvalue weighted by atomic mass is 16.5. The molecule has 1 aliphatic heterocycles. The van der Waals surface area contributed by atoms with Crippen LogP contribution in [0.2, 0.25) is 0 Å². The molecule has 0 bridgehead atoms. The molecule has 15 heavy (non-hydrogen) atoms. The molecule has 74 valence electrons. The summed E-state index contributed by atoms with van der Waals surface area (Å²) in [4.78, 5) is 0. The van der Waals surface area contributed by atoms with Crippen molar-refractivity contribution < 1.29 is 4.74 Å². The van der Waals surface area contributed by atoms with Crippen LogP contribution >= 0.6 is 0 Å². The van der Waals surface area contributed by atoms with Crippen LogP contribution in [0.3, 0.4) is 0 Å². The van der Waals surface area contributed by atoms with Gasteiger partial charge in [0, 0.05) is 5.39 Å². The zero-order valence-electron chi connectivity index (χ0n) is 8.87. The van der Waals surface area contributed by atoms with E-state index in [1.165, 1.54) is 21.9 Å². The zero-order chi connectivity index (χ0) is 10.4. The fourth-order valence-electron chi connectivity index (χ4n) is 2.14. The highest BCUT2D eigenvalue weighted by Gasteiger charge is 2.16. The lowest BCUT2D eigenvalue weighted by molar-refractivity contribution is 0.431. The molecular weight excluding hydrogens is 184 g/mol. The molecule has 0 unspecified atom stereocenters. The van der Waals surface area contributed by atoms with E-state index in [0.29, 0.717) is 0 Å². The average molecular weight is 196 g/mol. The lowest BCUT2D eigenvalue weighted by atomic mass is 9.96. The van der Waals surface area contributed by atoms with Crippen LogP contribution in [0, 0.1) is 0 Å². The van der Waals surface area contributed by atoms with Gasteiger partial charge in [-0.05, 0) is 36.4 Å². The van der Waals surface area contributed by atoms with E-state index >= 15 is 0 Å². The number of ether oxygens (including phenoxy) is 1. The number of hydrogen-bond acceptors (Lipinski definition) is 1. The molecule has 0 saturated heterocycles. The summed E-state index contributed by atoms with van der Waals surface area (Å²) < 4.78 is 5.80. The predicted octanol–water partition coefficient (Wildman–Crippen LogP) is 3.98. The molecule has 0 atom stereocenters. The largest absolute Gasteiger partial charge is 0.461 e. The predicted molar refractivity (Wildman–Crippen MR) is 62.8 cm³/mol. The monoisotopic (exact) mass is 196 g/mol. The summed E-state index contributed by atoms with van der Waals surface area (Å²) in [7, 11) is 0. The van der Waals surface area contributed by atoms with Crippen LogP contribution in [0.1, 0.15) is 19.4 Å². The van der Waals surface area contributed by atoms with Crippen molar-refractivity contribution in [1.29, 1.82) is 0 Å². The molecule has 0 saturated carbocycles. The fraction of sp³-hybridized carbons (Fsp3) is 0.143. The maximum absolute atomic E-state index is 5.80. The van der Waals surface area contributed by atoms with Gasteiger partial charge >= 0.3 is 0 Å². The lowest BCUT2D eigenvalue weighted by Gasteiger charge is -2.20. The van der Waals surface area contributed by atoms with Crippen LogP contribution in [0.4, 0.5) is 0 Å². The summed E-state index contributed by atoms with van der Waals surface area (Å²) in [5.41, 5.74) is 2.53. The summed E-state index contributed by atoms with van der Waals surface area (Å²) >= 11 is 0. The van der Waals surface area contributed by atoms with Gasteiger partial charge in [0.2, 0.25) is 0 Å². The first-order chi connectivity index (χ1) is 7.27. The molecular formula is C14H12O. The molecule has 0 aliphatic carbocycles. The Kier molecular flexibility index (Phi) is 1.63. The molecule has 1 aliphatic rings. The van der Waals surface area contributed by atoms with Crippen molar-refractivity contribution >= 4 is 16.3 Å². The molecule has 2 aromatic rings. The second kappa shape index (κ2) is 2.86. The van der Waals surface area contributed by atoms with E-state index in [2.05, 4.69) is 31.2 Å². The first-order valence-electron chi connectivity index (χ1n) is 5.15. The van der Waals surface area contributed by atoms with Crippen molar-refractivity contribution in [2.75, 3.05) is 0 Å². The van der Waals surface area contributed by atoms with Crippen molar-refractivity contribution in [3.05, 3.63) is 47.7 Å². The number of benzene rings is 2. The van der Waals surface area contributed by atoms with Crippen molar-refractivity contribution in [2.24, 2.45) is 0 Å². The smallest absolute Gasteiger partial charge is 0.135 e. The Bertz CT molecular complexity index is 574. The molecule has 0 aromatic heterocycles. The number of allylic oxidation sites excluding steroid dienone is 2. The van der Waals surface area contributed by atoms with Gasteiger partial charge in [-0.25, -0.2) is 0 Å². The van der Waals surface area contributed by atoms with Crippen LogP contribution < -0.4 is 4.74 Å². The molecule has 0 N–H and O–H groups in total. The third-order valence-electron chi connectivity index (χ3n) is 3.06. The van der Waals surface area contributed by atoms with Gasteiger partial charge < -0.3 is 4.74 Å². The Hall–Kier alpha value is -1.76. The van der Waals surface area contributed by atoms with Crippen LogP contribution in [0.25, 0.3) is 16.3 Å². The van der Waals surface area contributed by atoms with Crippen LogP contribution in [-0.4, -0.2) is 0 Å². The van der Waals surface area contributed by atoms with Gasteiger partial charge in [0.1, 0.15) is 11.5 Å². The minimum Gasteiger partial charge on any atom is -0.461 e. The quantitative estimate of drug-likeness (QED) is 0.619. The summed E-state index contributed by atoms with van der Waals surface area (Å²) in [6.07, 6.45) is 0. The minimum atomic E-state index is 0.978. The van der Waals surface area contributed by atoms with E-state index in [9.17, 15) is 0 Å². The molecule has 1 nitrogen and oxygen atoms in total. The summed E-state index contributed by atoms with van der Waals surface area (Å²) in [6, 6.07) is 12.6. The molecule has 0 amide bonds. The lowest BCUT2D eigenvalue weighted by Crippen LogP contribution is -2.02. The van der Waals surface area contributed by atoms with Crippen molar-refractivity contribution in [3.8, 4) is 5.75 Å². The fourth-order valence-corrected chi connectivity index (χ4v) is 2.14. The summed E-state index contributed by atoms with van der Waals surface area (Å²) in [5.74, 6) is 1.98. The van der Waals surface area contributed by atoms with Gasteiger partial charge in [0.15, 0.2) is 0 Å². The number of hydrogen-bond donors (Lipinski definition) is 0. The Labute approximate surface area is 89.0 Å². The molecule has 0 spiro atoms. The van der Waals surface area contributed by atoms with Gasteiger partial charge in [-0.1, -0.05) is 30.3 Å². The SMILES string of the molecule is CC1=C(C)c2cccc3cccc(c23)O1. The standard InChI is InChI=1S/C14H12O/c1-9-10(2)15-13-8-4-6-11-5-3-7-12(9)14(11)13/h3-8H,1-2H3.